The Hall–Kier alpha value is -2.44. The third kappa shape index (κ3) is 2.53. The molecule has 2 aromatic carbocycles. The van der Waals surface area contributed by atoms with E-state index in [1.165, 1.54) is 0 Å². The van der Waals surface area contributed by atoms with Crippen LogP contribution in [0.15, 0.2) is 36.4 Å². The summed E-state index contributed by atoms with van der Waals surface area (Å²) < 4.78 is 33.1. The number of hydrogen-bond acceptors (Lipinski definition) is 6. The molecule has 0 saturated carbocycles. The Kier molecular flexibility index (Phi) is 3.92. The Bertz CT molecular complexity index is 681. The van der Waals surface area contributed by atoms with Crippen LogP contribution < -0.4 is 18.9 Å². The summed E-state index contributed by atoms with van der Waals surface area (Å²) >= 11 is 0. The topological polar surface area (TPSA) is 55.4 Å². The molecule has 126 valence electrons. The zero-order valence-electron chi connectivity index (χ0n) is 13.5. The van der Waals surface area contributed by atoms with Crippen LogP contribution in [0.5, 0.6) is 23.0 Å². The van der Waals surface area contributed by atoms with E-state index < -0.39 is 0 Å². The number of benzene rings is 2. The molecule has 0 N–H and O–H groups in total. The predicted octanol–water partition coefficient (Wildman–Crippen LogP) is 3.22. The minimum absolute atomic E-state index is 0.242. The molecule has 2 aliphatic rings. The van der Waals surface area contributed by atoms with Gasteiger partial charge in [-0.25, -0.2) is 0 Å². The predicted molar refractivity (Wildman–Crippen MR) is 84.6 cm³/mol. The molecule has 4 rings (SSSR count). The first-order chi connectivity index (χ1) is 11.8. The van der Waals surface area contributed by atoms with Crippen LogP contribution in [0.4, 0.5) is 0 Å². The van der Waals surface area contributed by atoms with Gasteiger partial charge in [0.25, 0.3) is 0 Å². The van der Waals surface area contributed by atoms with Crippen molar-refractivity contribution in [3.05, 3.63) is 47.5 Å². The van der Waals surface area contributed by atoms with Crippen LogP contribution in [0.1, 0.15) is 23.3 Å². The van der Waals surface area contributed by atoms with Gasteiger partial charge in [0.15, 0.2) is 23.0 Å². The van der Waals surface area contributed by atoms with Crippen molar-refractivity contribution >= 4 is 0 Å². The first-order valence-electron chi connectivity index (χ1n) is 7.65. The second-order valence-electron chi connectivity index (χ2n) is 5.54. The van der Waals surface area contributed by atoms with Crippen LogP contribution in [0.3, 0.4) is 0 Å². The van der Waals surface area contributed by atoms with E-state index >= 15 is 0 Å². The van der Waals surface area contributed by atoms with Crippen molar-refractivity contribution in [1.82, 2.24) is 0 Å². The minimum atomic E-state index is -0.301. The monoisotopic (exact) mass is 330 g/mol. The Morgan fingerprint density at radius 2 is 1.08 bits per heavy atom. The third-order valence-corrected chi connectivity index (χ3v) is 4.23. The smallest absolute Gasteiger partial charge is 0.231 e. The number of rotatable bonds is 5. The van der Waals surface area contributed by atoms with Gasteiger partial charge in [0.2, 0.25) is 13.6 Å². The van der Waals surface area contributed by atoms with Gasteiger partial charge in [0.05, 0.1) is 0 Å². The summed E-state index contributed by atoms with van der Waals surface area (Å²) in [5, 5.41) is 0. The fourth-order valence-electron chi connectivity index (χ4n) is 3.05. The molecular formula is C18H18O6. The first-order valence-corrected chi connectivity index (χ1v) is 7.65. The first kappa shape index (κ1) is 15.1. The van der Waals surface area contributed by atoms with E-state index in [2.05, 4.69) is 0 Å². The summed E-state index contributed by atoms with van der Waals surface area (Å²) in [4.78, 5) is 0. The SMILES string of the molecule is CO[C@H](c1ccc2c(c1)OCO2)[C@@H](OC)c1ccc2c(c1)OCO2. The van der Waals surface area contributed by atoms with Crippen molar-refractivity contribution in [3.63, 3.8) is 0 Å². The maximum atomic E-state index is 5.73. The zero-order valence-corrected chi connectivity index (χ0v) is 13.5. The molecule has 0 spiro atoms. The normalized spacial score (nSPS) is 16.9. The highest BCUT2D eigenvalue weighted by Gasteiger charge is 2.28. The molecule has 0 fully saturated rings. The Balaban J connectivity index is 1.67. The van der Waals surface area contributed by atoms with Gasteiger partial charge >= 0.3 is 0 Å². The number of fused-ring (bicyclic) bond motifs is 2. The molecule has 0 amide bonds. The van der Waals surface area contributed by atoms with E-state index in [1.807, 2.05) is 36.4 Å². The third-order valence-electron chi connectivity index (χ3n) is 4.23. The number of methoxy groups -OCH3 is 2. The summed E-state index contributed by atoms with van der Waals surface area (Å²) in [5.41, 5.74) is 1.90. The highest BCUT2D eigenvalue weighted by molar-refractivity contribution is 5.47. The van der Waals surface area contributed by atoms with Crippen molar-refractivity contribution in [3.8, 4) is 23.0 Å². The fourth-order valence-corrected chi connectivity index (χ4v) is 3.05. The van der Waals surface area contributed by atoms with Crippen molar-refractivity contribution in [2.24, 2.45) is 0 Å². The van der Waals surface area contributed by atoms with Crippen LogP contribution in [0.2, 0.25) is 0 Å². The molecule has 2 aliphatic heterocycles. The molecule has 0 aromatic heterocycles. The molecule has 0 unspecified atom stereocenters. The minimum Gasteiger partial charge on any atom is -0.454 e. The quantitative estimate of drug-likeness (QED) is 0.839. The van der Waals surface area contributed by atoms with Crippen molar-refractivity contribution in [2.75, 3.05) is 27.8 Å². The molecule has 0 saturated heterocycles. The van der Waals surface area contributed by atoms with Gasteiger partial charge in [-0.15, -0.1) is 0 Å². The lowest BCUT2D eigenvalue weighted by Gasteiger charge is -2.26. The van der Waals surface area contributed by atoms with Gasteiger partial charge < -0.3 is 28.4 Å². The summed E-state index contributed by atoms with van der Waals surface area (Å²) in [6.45, 7) is 0.485. The van der Waals surface area contributed by atoms with Gasteiger partial charge in [-0.1, -0.05) is 12.1 Å². The summed E-state index contributed by atoms with van der Waals surface area (Å²) in [7, 11) is 3.32. The largest absolute Gasteiger partial charge is 0.454 e. The van der Waals surface area contributed by atoms with Crippen LogP contribution in [0.25, 0.3) is 0 Å². The van der Waals surface area contributed by atoms with E-state index in [0.29, 0.717) is 0 Å². The highest BCUT2D eigenvalue weighted by atomic mass is 16.7. The van der Waals surface area contributed by atoms with E-state index in [0.717, 1.165) is 34.1 Å². The molecule has 6 heteroatoms. The lowest BCUT2D eigenvalue weighted by atomic mass is 9.97. The molecule has 2 aromatic rings. The Morgan fingerprint density at radius 1 is 0.667 bits per heavy atom. The van der Waals surface area contributed by atoms with E-state index in [4.69, 9.17) is 28.4 Å². The molecule has 0 bridgehead atoms. The summed E-state index contributed by atoms with van der Waals surface area (Å²) in [6.07, 6.45) is -0.602. The molecule has 2 atom stereocenters. The van der Waals surface area contributed by atoms with Gasteiger partial charge in [-0.2, -0.15) is 0 Å². The van der Waals surface area contributed by atoms with E-state index in [1.54, 1.807) is 14.2 Å². The molecule has 2 heterocycles. The maximum Gasteiger partial charge on any atom is 0.231 e. The molecular weight excluding hydrogens is 312 g/mol. The van der Waals surface area contributed by atoms with Crippen molar-refractivity contribution in [2.45, 2.75) is 12.2 Å². The van der Waals surface area contributed by atoms with Crippen LogP contribution in [-0.4, -0.2) is 27.8 Å². The Morgan fingerprint density at radius 3 is 1.50 bits per heavy atom. The average molecular weight is 330 g/mol. The van der Waals surface area contributed by atoms with Crippen LogP contribution >= 0.6 is 0 Å². The number of ether oxygens (including phenoxy) is 6. The van der Waals surface area contributed by atoms with Gasteiger partial charge in [0, 0.05) is 14.2 Å². The fraction of sp³-hybridized carbons (Fsp3) is 0.333. The van der Waals surface area contributed by atoms with E-state index in [9.17, 15) is 0 Å². The second-order valence-corrected chi connectivity index (χ2v) is 5.54. The summed E-state index contributed by atoms with van der Waals surface area (Å²) in [6, 6.07) is 11.5. The zero-order chi connectivity index (χ0) is 16.5. The number of hydrogen-bond donors (Lipinski definition) is 0. The average Bonchev–Trinajstić information content (AvgIpc) is 3.26. The molecule has 0 aliphatic carbocycles. The lowest BCUT2D eigenvalue weighted by molar-refractivity contribution is -0.0398. The summed E-state index contributed by atoms with van der Waals surface area (Å²) in [5.74, 6) is 2.92. The van der Waals surface area contributed by atoms with Crippen LogP contribution in [0, 0.1) is 0 Å². The van der Waals surface area contributed by atoms with E-state index in [-0.39, 0.29) is 25.8 Å². The Labute approximate surface area is 139 Å². The molecule has 24 heavy (non-hydrogen) atoms. The molecule has 6 nitrogen and oxygen atoms in total. The van der Waals surface area contributed by atoms with Gasteiger partial charge in [0.1, 0.15) is 12.2 Å². The van der Waals surface area contributed by atoms with Crippen molar-refractivity contribution in [1.29, 1.82) is 0 Å². The van der Waals surface area contributed by atoms with Gasteiger partial charge in [-0.05, 0) is 35.4 Å². The standard InChI is InChI=1S/C18H18O6/c1-19-17(11-3-5-13-15(7-11)23-9-21-13)18(20-2)12-4-6-14-16(8-12)24-10-22-14/h3-8,17-18H,9-10H2,1-2H3/t17-,18+. The maximum absolute atomic E-state index is 5.73. The van der Waals surface area contributed by atoms with Crippen molar-refractivity contribution < 1.29 is 28.4 Å². The highest BCUT2D eigenvalue weighted by Crippen LogP contribution is 2.42. The van der Waals surface area contributed by atoms with Crippen LogP contribution in [-0.2, 0) is 9.47 Å². The van der Waals surface area contributed by atoms with Gasteiger partial charge in [-0.3, -0.25) is 0 Å². The second kappa shape index (κ2) is 6.22. The lowest BCUT2D eigenvalue weighted by Crippen LogP contribution is -2.15. The molecule has 0 radical (unpaired) electrons.